The Morgan fingerprint density at radius 2 is 1.94 bits per heavy atom. The number of benzene rings is 1. The molecular formula is C13H16N2OS. The zero-order valence-corrected chi connectivity index (χ0v) is 10.8. The largest absolute Gasteiger partial charge is 0.328 e. The first-order valence-corrected chi connectivity index (χ1v) is 6.41. The third kappa shape index (κ3) is 2.18. The Bertz CT molecular complexity index is 554. The van der Waals surface area contributed by atoms with Crippen LogP contribution in [0.3, 0.4) is 0 Å². The minimum atomic E-state index is -0.359. The van der Waals surface area contributed by atoms with Crippen molar-refractivity contribution in [2.75, 3.05) is 6.54 Å². The Balaban J connectivity index is 2.62. The van der Waals surface area contributed by atoms with Gasteiger partial charge in [-0.3, -0.25) is 9.36 Å². The Hall–Kier alpha value is -1.39. The van der Waals surface area contributed by atoms with Gasteiger partial charge in [0, 0.05) is 11.9 Å². The van der Waals surface area contributed by atoms with Crippen LogP contribution in [0, 0.1) is 0 Å². The molecular weight excluding hydrogens is 232 g/mol. The van der Waals surface area contributed by atoms with Crippen LogP contribution in [0.5, 0.6) is 0 Å². The number of aromatic nitrogens is 1. The molecule has 0 aliphatic heterocycles. The van der Waals surface area contributed by atoms with Gasteiger partial charge in [-0.15, -0.1) is 0 Å². The molecule has 90 valence electrons. The van der Waals surface area contributed by atoms with E-state index < -0.39 is 0 Å². The van der Waals surface area contributed by atoms with Crippen LogP contribution in [0.15, 0.2) is 40.5 Å². The quantitative estimate of drug-likeness (QED) is 0.905. The summed E-state index contributed by atoms with van der Waals surface area (Å²) in [7, 11) is 0. The van der Waals surface area contributed by atoms with Gasteiger partial charge in [-0.2, -0.15) is 0 Å². The molecule has 0 aliphatic carbocycles. The SMILES string of the molecule is CC(C)(CN)n1c(-c2ccccc2)csc1=O. The lowest BCUT2D eigenvalue weighted by atomic mass is 10.0. The topological polar surface area (TPSA) is 48.0 Å². The van der Waals surface area contributed by atoms with Gasteiger partial charge in [0.2, 0.25) is 0 Å². The fraction of sp³-hybridized carbons (Fsp3) is 0.308. The normalized spacial score (nSPS) is 11.7. The molecule has 3 nitrogen and oxygen atoms in total. The molecule has 0 amide bonds. The fourth-order valence-electron chi connectivity index (χ4n) is 1.78. The minimum absolute atomic E-state index is 0.0410. The highest BCUT2D eigenvalue weighted by molar-refractivity contribution is 7.07. The lowest BCUT2D eigenvalue weighted by molar-refractivity contribution is 0.365. The Labute approximate surface area is 105 Å². The maximum absolute atomic E-state index is 11.9. The molecule has 0 atom stereocenters. The number of hydrogen-bond donors (Lipinski definition) is 1. The molecule has 0 bridgehead atoms. The van der Waals surface area contributed by atoms with Crippen molar-refractivity contribution in [3.63, 3.8) is 0 Å². The molecule has 0 radical (unpaired) electrons. The van der Waals surface area contributed by atoms with Crippen molar-refractivity contribution in [3.05, 3.63) is 45.4 Å². The summed E-state index contributed by atoms with van der Waals surface area (Å²) >= 11 is 1.22. The average molecular weight is 248 g/mol. The molecule has 2 N–H and O–H groups in total. The highest BCUT2D eigenvalue weighted by Crippen LogP contribution is 2.25. The highest BCUT2D eigenvalue weighted by atomic mass is 32.1. The molecule has 1 aromatic carbocycles. The molecule has 2 aromatic rings. The van der Waals surface area contributed by atoms with Crippen LogP contribution in [0.1, 0.15) is 13.8 Å². The fourth-order valence-corrected chi connectivity index (χ4v) is 2.69. The number of rotatable bonds is 3. The van der Waals surface area contributed by atoms with Gasteiger partial charge in [-0.05, 0) is 19.4 Å². The first-order chi connectivity index (χ1) is 8.06. The van der Waals surface area contributed by atoms with Crippen molar-refractivity contribution < 1.29 is 0 Å². The standard InChI is InChI=1S/C13H16N2OS/c1-13(2,9-14)15-11(8-17-12(15)16)10-6-4-3-5-7-10/h3-8H,9,14H2,1-2H3. The second-order valence-electron chi connectivity index (χ2n) is 4.60. The van der Waals surface area contributed by atoms with Crippen LogP contribution in [0.4, 0.5) is 0 Å². The Morgan fingerprint density at radius 3 is 2.53 bits per heavy atom. The first kappa shape index (κ1) is 12.1. The van der Waals surface area contributed by atoms with Crippen LogP contribution in [-0.2, 0) is 5.54 Å². The zero-order chi connectivity index (χ0) is 12.5. The third-order valence-electron chi connectivity index (χ3n) is 2.87. The molecule has 2 rings (SSSR count). The monoisotopic (exact) mass is 248 g/mol. The van der Waals surface area contributed by atoms with E-state index in [1.165, 1.54) is 11.3 Å². The van der Waals surface area contributed by atoms with E-state index in [2.05, 4.69) is 0 Å². The van der Waals surface area contributed by atoms with Crippen molar-refractivity contribution in [1.82, 2.24) is 4.57 Å². The van der Waals surface area contributed by atoms with Crippen molar-refractivity contribution in [3.8, 4) is 11.3 Å². The van der Waals surface area contributed by atoms with Gasteiger partial charge in [0.15, 0.2) is 0 Å². The lowest BCUT2D eigenvalue weighted by Crippen LogP contribution is -2.40. The predicted octanol–water partition coefficient (Wildman–Crippen LogP) is 2.27. The number of nitrogens with two attached hydrogens (primary N) is 1. The van der Waals surface area contributed by atoms with E-state index in [0.717, 1.165) is 11.3 Å². The summed E-state index contributed by atoms with van der Waals surface area (Å²) in [6.45, 7) is 4.39. The maximum atomic E-state index is 11.9. The summed E-state index contributed by atoms with van der Waals surface area (Å²) < 4.78 is 1.78. The molecule has 0 saturated carbocycles. The Morgan fingerprint density at radius 1 is 1.29 bits per heavy atom. The van der Waals surface area contributed by atoms with Gasteiger partial charge in [0.25, 0.3) is 0 Å². The predicted molar refractivity (Wildman–Crippen MR) is 72.4 cm³/mol. The summed E-state index contributed by atoms with van der Waals surface area (Å²) in [6.07, 6.45) is 0. The van der Waals surface area contributed by atoms with Crippen molar-refractivity contribution in [1.29, 1.82) is 0 Å². The number of thiazole rings is 1. The van der Waals surface area contributed by atoms with Crippen LogP contribution < -0.4 is 10.6 Å². The molecule has 0 aliphatic rings. The molecule has 4 heteroatoms. The van der Waals surface area contributed by atoms with Crippen LogP contribution >= 0.6 is 11.3 Å². The van der Waals surface area contributed by atoms with E-state index in [1.807, 2.05) is 49.6 Å². The summed E-state index contributed by atoms with van der Waals surface area (Å²) in [6, 6.07) is 9.91. The lowest BCUT2D eigenvalue weighted by Gasteiger charge is -2.26. The van der Waals surface area contributed by atoms with Crippen LogP contribution in [0.2, 0.25) is 0 Å². The number of hydrogen-bond acceptors (Lipinski definition) is 3. The molecule has 0 saturated heterocycles. The molecule has 0 unspecified atom stereocenters. The second kappa shape index (κ2) is 4.47. The van der Waals surface area contributed by atoms with Crippen molar-refractivity contribution >= 4 is 11.3 Å². The van der Waals surface area contributed by atoms with E-state index in [1.54, 1.807) is 4.57 Å². The third-order valence-corrected chi connectivity index (χ3v) is 3.59. The van der Waals surface area contributed by atoms with Gasteiger partial charge in [0.05, 0.1) is 11.2 Å². The van der Waals surface area contributed by atoms with Gasteiger partial charge in [0.1, 0.15) is 0 Å². The minimum Gasteiger partial charge on any atom is -0.328 e. The zero-order valence-electron chi connectivity index (χ0n) is 10.0. The summed E-state index contributed by atoms with van der Waals surface area (Å²) in [4.78, 5) is 12.0. The number of nitrogens with zero attached hydrogens (tertiary/aromatic N) is 1. The van der Waals surface area contributed by atoms with Gasteiger partial charge < -0.3 is 5.73 Å². The highest BCUT2D eigenvalue weighted by Gasteiger charge is 2.24. The van der Waals surface area contributed by atoms with E-state index in [0.29, 0.717) is 6.54 Å². The molecule has 1 aromatic heterocycles. The molecule has 0 spiro atoms. The van der Waals surface area contributed by atoms with Crippen molar-refractivity contribution in [2.24, 2.45) is 5.73 Å². The van der Waals surface area contributed by atoms with E-state index >= 15 is 0 Å². The van der Waals surface area contributed by atoms with Crippen LogP contribution in [-0.4, -0.2) is 11.1 Å². The van der Waals surface area contributed by atoms with E-state index in [9.17, 15) is 4.79 Å². The van der Waals surface area contributed by atoms with Gasteiger partial charge in [-0.25, -0.2) is 0 Å². The average Bonchev–Trinajstić information content (AvgIpc) is 2.73. The molecule has 0 fully saturated rings. The summed E-state index contributed by atoms with van der Waals surface area (Å²) in [5.41, 5.74) is 7.39. The Kier molecular flexibility index (Phi) is 3.17. The molecule has 1 heterocycles. The summed E-state index contributed by atoms with van der Waals surface area (Å²) in [5.74, 6) is 0. The first-order valence-electron chi connectivity index (χ1n) is 5.53. The second-order valence-corrected chi connectivity index (χ2v) is 5.43. The van der Waals surface area contributed by atoms with Gasteiger partial charge >= 0.3 is 4.87 Å². The van der Waals surface area contributed by atoms with E-state index in [-0.39, 0.29) is 10.4 Å². The summed E-state index contributed by atoms with van der Waals surface area (Å²) in [5, 5.41) is 1.90. The van der Waals surface area contributed by atoms with E-state index in [4.69, 9.17) is 5.73 Å². The molecule has 17 heavy (non-hydrogen) atoms. The maximum Gasteiger partial charge on any atom is 0.308 e. The van der Waals surface area contributed by atoms with Crippen LogP contribution in [0.25, 0.3) is 11.3 Å². The van der Waals surface area contributed by atoms with Gasteiger partial charge in [-0.1, -0.05) is 41.7 Å². The van der Waals surface area contributed by atoms with Crippen molar-refractivity contribution in [2.45, 2.75) is 19.4 Å². The smallest absolute Gasteiger partial charge is 0.308 e.